The summed E-state index contributed by atoms with van der Waals surface area (Å²) in [4.78, 5) is 45.5. The van der Waals surface area contributed by atoms with Gasteiger partial charge in [0.1, 0.15) is 5.75 Å². The molecule has 7 nitrogen and oxygen atoms in total. The number of benzene rings is 1. The van der Waals surface area contributed by atoms with Gasteiger partial charge in [-0.2, -0.15) is 0 Å². The van der Waals surface area contributed by atoms with Crippen molar-refractivity contribution in [1.82, 2.24) is 14.8 Å². The maximum atomic E-state index is 13.1. The predicted octanol–water partition coefficient (Wildman–Crippen LogP) is 1.81. The van der Waals surface area contributed by atoms with Gasteiger partial charge in [-0.15, -0.1) is 0 Å². The summed E-state index contributed by atoms with van der Waals surface area (Å²) in [6, 6.07) is 12.7. The fourth-order valence-corrected chi connectivity index (χ4v) is 3.72. The van der Waals surface area contributed by atoms with E-state index < -0.39 is 5.41 Å². The fraction of sp³-hybridized carbons (Fsp3) is 0.364. The second kappa shape index (κ2) is 8.43. The van der Waals surface area contributed by atoms with E-state index >= 15 is 0 Å². The number of aromatic nitrogens is 1. The molecule has 0 aliphatic carbocycles. The molecule has 0 unspecified atom stereocenters. The molecular weight excluding hydrogens is 370 g/mol. The van der Waals surface area contributed by atoms with Crippen molar-refractivity contribution in [2.45, 2.75) is 24.7 Å². The number of carbonyl (C=O) groups is 3. The lowest BCUT2D eigenvalue weighted by Gasteiger charge is -2.30. The van der Waals surface area contributed by atoms with E-state index in [1.807, 2.05) is 18.2 Å². The van der Waals surface area contributed by atoms with Crippen molar-refractivity contribution in [3.8, 4) is 5.75 Å². The monoisotopic (exact) mass is 395 g/mol. The van der Waals surface area contributed by atoms with Crippen molar-refractivity contribution in [2.24, 2.45) is 0 Å². The molecular formula is C22H25N3O4. The second-order valence-electron chi connectivity index (χ2n) is 7.28. The van der Waals surface area contributed by atoms with Crippen LogP contribution < -0.4 is 4.74 Å². The van der Waals surface area contributed by atoms with Crippen LogP contribution in [0.3, 0.4) is 0 Å². The Kier molecular flexibility index (Phi) is 5.96. The summed E-state index contributed by atoms with van der Waals surface area (Å²) in [5.41, 5.74) is 0.199. The van der Waals surface area contributed by atoms with E-state index in [0.29, 0.717) is 24.3 Å². The Morgan fingerprint density at radius 1 is 1.21 bits per heavy atom. The lowest BCUT2D eigenvalue weighted by molar-refractivity contribution is -0.141. The standard InChI is InChI=1S/C22H25N3O4/c1-24(13-11-16-8-6-7-12-23-16)19(26)14-22(15-20(27)25(2)21(22)28)17-9-4-5-10-18(17)29-3/h4-10,12H,11,13-15H2,1-3H3/t22-/m1/s1. The highest BCUT2D eigenvalue weighted by atomic mass is 16.5. The topological polar surface area (TPSA) is 79.8 Å². The summed E-state index contributed by atoms with van der Waals surface area (Å²) in [5.74, 6) is -0.389. The Balaban J connectivity index is 1.85. The van der Waals surface area contributed by atoms with Crippen LogP contribution in [0.1, 0.15) is 24.1 Å². The molecule has 2 aromatic rings. The Morgan fingerprint density at radius 3 is 2.55 bits per heavy atom. The second-order valence-corrected chi connectivity index (χ2v) is 7.28. The number of hydrogen-bond donors (Lipinski definition) is 0. The molecule has 1 atom stereocenters. The van der Waals surface area contributed by atoms with Crippen LogP contribution in [0.15, 0.2) is 48.7 Å². The number of methoxy groups -OCH3 is 1. The maximum absolute atomic E-state index is 13.1. The zero-order valence-corrected chi connectivity index (χ0v) is 16.9. The predicted molar refractivity (Wildman–Crippen MR) is 107 cm³/mol. The lowest BCUT2D eigenvalue weighted by Crippen LogP contribution is -2.42. The van der Waals surface area contributed by atoms with Gasteiger partial charge in [-0.3, -0.25) is 24.3 Å². The van der Waals surface area contributed by atoms with Crippen LogP contribution in [0.2, 0.25) is 0 Å². The molecule has 1 aliphatic heterocycles. The maximum Gasteiger partial charge on any atom is 0.240 e. The van der Waals surface area contributed by atoms with E-state index in [4.69, 9.17) is 4.74 Å². The van der Waals surface area contributed by atoms with Crippen molar-refractivity contribution in [1.29, 1.82) is 0 Å². The molecule has 0 N–H and O–H groups in total. The molecule has 3 amide bonds. The summed E-state index contributed by atoms with van der Waals surface area (Å²) in [7, 11) is 4.67. The Morgan fingerprint density at radius 2 is 1.93 bits per heavy atom. The minimum atomic E-state index is -1.26. The number of rotatable bonds is 7. The number of ether oxygens (including phenoxy) is 1. The Labute approximate surface area is 170 Å². The van der Waals surface area contributed by atoms with Gasteiger partial charge in [-0.25, -0.2) is 0 Å². The van der Waals surface area contributed by atoms with E-state index in [-0.39, 0.29) is 30.6 Å². The van der Waals surface area contributed by atoms with Gasteiger partial charge >= 0.3 is 0 Å². The molecule has 29 heavy (non-hydrogen) atoms. The third kappa shape index (κ3) is 3.99. The van der Waals surface area contributed by atoms with Crippen LogP contribution in [0.5, 0.6) is 5.75 Å². The SMILES string of the molecule is COc1ccccc1[C@@]1(CC(=O)N(C)CCc2ccccn2)CC(=O)N(C)C1=O. The zero-order valence-electron chi connectivity index (χ0n) is 16.9. The summed E-state index contributed by atoms with van der Waals surface area (Å²) in [6.07, 6.45) is 2.17. The van der Waals surface area contributed by atoms with Crippen LogP contribution in [0.4, 0.5) is 0 Å². The Bertz CT molecular complexity index is 915. The number of para-hydroxylation sites is 1. The number of likely N-dealkylation sites (tertiary alicyclic amines) is 1. The summed E-state index contributed by atoms with van der Waals surface area (Å²) in [6.45, 7) is 0.468. The molecule has 0 radical (unpaired) electrons. The van der Waals surface area contributed by atoms with Gasteiger partial charge in [-0.05, 0) is 18.2 Å². The molecule has 152 valence electrons. The van der Waals surface area contributed by atoms with Crippen LogP contribution >= 0.6 is 0 Å². The van der Waals surface area contributed by atoms with Gasteiger partial charge in [-0.1, -0.05) is 24.3 Å². The smallest absolute Gasteiger partial charge is 0.240 e. The van der Waals surface area contributed by atoms with Crippen molar-refractivity contribution >= 4 is 17.7 Å². The normalized spacial score (nSPS) is 18.8. The number of hydrogen-bond acceptors (Lipinski definition) is 5. The largest absolute Gasteiger partial charge is 0.496 e. The van der Waals surface area contributed by atoms with E-state index in [2.05, 4.69) is 4.98 Å². The minimum absolute atomic E-state index is 0.0530. The summed E-state index contributed by atoms with van der Waals surface area (Å²) in [5, 5.41) is 0. The number of pyridine rings is 1. The third-order valence-electron chi connectivity index (χ3n) is 5.47. The van der Waals surface area contributed by atoms with Gasteiger partial charge in [0, 0.05) is 57.4 Å². The average molecular weight is 395 g/mol. The molecule has 0 saturated carbocycles. The molecule has 7 heteroatoms. The lowest BCUT2D eigenvalue weighted by atomic mass is 9.75. The quantitative estimate of drug-likeness (QED) is 0.668. The van der Waals surface area contributed by atoms with Crippen LogP contribution in [-0.2, 0) is 26.2 Å². The molecule has 3 rings (SSSR count). The number of carbonyl (C=O) groups excluding carboxylic acids is 3. The highest BCUT2D eigenvalue weighted by Gasteiger charge is 2.54. The number of amides is 3. The molecule has 2 heterocycles. The van der Waals surface area contributed by atoms with E-state index in [0.717, 1.165) is 10.6 Å². The molecule has 1 saturated heterocycles. The van der Waals surface area contributed by atoms with Crippen molar-refractivity contribution in [2.75, 3.05) is 27.7 Å². The molecule has 1 fully saturated rings. The van der Waals surface area contributed by atoms with Crippen molar-refractivity contribution in [3.63, 3.8) is 0 Å². The van der Waals surface area contributed by atoms with Gasteiger partial charge in [0.05, 0.1) is 12.5 Å². The fourth-order valence-electron chi connectivity index (χ4n) is 3.72. The minimum Gasteiger partial charge on any atom is -0.496 e. The molecule has 0 bridgehead atoms. The van der Waals surface area contributed by atoms with Crippen molar-refractivity contribution in [3.05, 3.63) is 59.9 Å². The van der Waals surface area contributed by atoms with Gasteiger partial charge in [0.25, 0.3) is 0 Å². The van der Waals surface area contributed by atoms with Crippen LogP contribution in [0.25, 0.3) is 0 Å². The first-order chi connectivity index (χ1) is 13.9. The third-order valence-corrected chi connectivity index (χ3v) is 5.47. The molecule has 1 aromatic carbocycles. The van der Waals surface area contributed by atoms with Gasteiger partial charge < -0.3 is 9.64 Å². The van der Waals surface area contributed by atoms with Crippen LogP contribution in [0, 0.1) is 0 Å². The van der Waals surface area contributed by atoms with Gasteiger partial charge in [0.15, 0.2) is 0 Å². The number of imide groups is 1. The van der Waals surface area contributed by atoms with E-state index in [1.54, 1.807) is 42.4 Å². The van der Waals surface area contributed by atoms with Crippen LogP contribution in [-0.4, -0.2) is 60.3 Å². The molecule has 1 aromatic heterocycles. The highest BCUT2D eigenvalue weighted by Crippen LogP contribution is 2.43. The van der Waals surface area contributed by atoms with E-state index in [9.17, 15) is 14.4 Å². The average Bonchev–Trinajstić information content (AvgIpc) is 2.96. The Hall–Kier alpha value is -3.22. The van der Waals surface area contributed by atoms with E-state index in [1.165, 1.54) is 14.2 Å². The molecule has 1 aliphatic rings. The summed E-state index contributed by atoms with van der Waals surface area (Å²) < 4.78 is 5.43. The first-order valence-corrected chi connectivity index (χ1v) is 9.47. The summed E-state index contributed by atoms with van der Waals surface area (Å²) >= 11 is 0. The van der Waals surface area contributed by atoms with Gasteiger partial charge in [0.2, 0.25) is 17.7 Å². The first-order valence-electron chi connectivity index (χ1n) is 9.47. The number of likely N-dealkylation sites (N-methyl/N-ethyl adjacent to an activating group) is 2. The highest BCUT2D eigenvalue weighted by molar-refractivity contribution is 6.10. The molecule has 0 spiro atoms. The van der Waals surface area contributed by atoms with Crippen molar-refractivity contribution < 1.29 is 19.1 Å². The zero-order chi connectivity index (χ0) is 21.0. The first kappa shape index (κ1) is 20.5. The number of nitrogens with zero attached hydrogens (tertiary/aromatic N) is 3.